The Bertz CT molecular complexity index is 182. The maximum absolute atomic E-state index is 11.5. The lowest BCUT2D eigenvalue weighted by Gasteiger charge is -2.35. The quantitative estimate of drug-likeness (QED) is 0.373. The minimum absolute atomic E-state index is 0.160. The van der Waals surface area contributed by atoms with Gasteiger partial charge in [0.25, 0.3) is 0 Å². The Morgan fingerprint density at radius 1 is 1.50 bits per heavy atom. The molecule has 0 amide bonds. The van der Waals surface area contributed by atoms with Gasteiger partial charge in [-0.1, -0.05) is 6.92 Å². The maximum Gasteiger partial charge on any atom is 0.105 e. The van der Waals surface area contributed by atoms with Gasteiger partial charge >= 0.3 is 0 Å². The first kappa shape index (κ1) is 7.76. The first-order valence-electron chi connectivity index (χ1n) is 3.69. The van der Waals surface area contributed by atoms with Gasteiger partial charge in [-0.05, 0) is 12.5 Å². The number of rotatable bonds is 0. The van der Waals surface area contributed by atoms with Crippen LogP contribution in [0.1, 0.15) is 20.8 Å². The molecular weight excluding hydrogens is 126 g/mol. The predicted molar refractivity (Wildman–Crippen MR) is 42.0 cm³/mol. The highest BCUT2D eigenvalue weighted by molar-refractivity contribution is 5.11. The molecule has 58 valence electrons. The molecule has 0 fully saturated rings. The van der Waals surface area contributed by atoms with Crippen LogP contribution in [0.25, 0.3) is 0 Å². The molecule has 0 radical (unpaired) electrons. The summed E-state index contributed by atoms with van der Waals surface area (Å²) < 4.78 is -0.160. The van der Waals surface area contributed by atoms with Crippen molar-refractivity contribution in [2.75, 3.05) is 13.6 Å². The highest BCUT2D eigenvalue weighted by Crippen LogP contribution is 2.31. The van der Waals surface area contributed by atoms with Gasteiger partial charge in [-0.15, -0.1) is 0 Å². The van der Waals surface area contributed by atoms with Crippen LogP contribution in [0.15, 0.2) is 11.3 Å². The number of hydrogen-bond acceptors (Lipinski definition) is 1. The van der Waals surface area contributed by atoms with Crippen molar-refractivity contribution in [1.29, 1.82) is 0 Å². The topological polar surface area (TPSA) is 23.1 Å². The molecule has 2 atom stereocenters. The van der Waals surface area contributed by atoms with Gasteiger partial charge < -0.3 is 9.85 Å². The Labute approximate surface area is 62.3 Å². The fourth-order valence-electron chi connectivity index (χ4n) is 1.53. The molecular formula is C8H15NO. The molecule has 2 heteroatoms. The van der Waals surface area contributed by atoms with Crippen molar-refractivity contribution in [3.63, 3.8) is 0 Å². The average molecular weight is 141 g/mol. The Morgan fingerprint density at radius 2 is 2.00 bits per heavy atom. The van der Waals surface area contributed by atoms with E-state index in [1.165, 1.54) is 5.57 Å². The molecule has 2 unspecified atom stereocenters. The van der Waals surface area contributed by atoms with Crippen LogP contribution in [0.3, 0.4) is 0 Å². The van der Waals surface area contributed by atoms with Crippen LogP contribution < -0.4 is 0 Å². The summed E-state index contributed by atoms with van der Waals surface area (Å²) in [4.78, 5) is 0. The number of hydrogen-bond donors (Lipinski definition) is 0. The van der Waals surface area contributed by atoms with Crippen molar-refractivity contribution < 1.29 is 4.65 Å². The van der Waals surface area contributed by atoms with Gasteiger partial charge in [0.1, 0.15) is 5.70 Å². The minimum Gasteiger partial charge on any atom is -0.628 e. The van der Waals surface area contributed by atoms with Crippen molar-refractivity contribution >= 4 is 0 Å². The van der Waals surface area contributed by atoms with E-state index in [1.807, 2.05) is 6.92 Å². The highest BCUT2D eigenvalue weighted by atomic mass is 16.5. The number of allylic oxidation sites excluding steroid dienone is 1. The maximum atomic E-state index is 11.5. The zero-order valence-electron chi connectivity index (χ0n) is 7.14. The van der Waals surface area contributed by atoms with Crippen molar-refractivity contribution in [2.45, 2.75) is 20.8 Å². The second-order valence-electron chi connectivity index (χ2n) is 3.45. The van der Waals surface area contributed by atoms with E-state index >= 15 is 0 Å². The first-order chi connectivity index (χ1) is 4.45. The first-order valence-corrected chi connectivity index (χ1v) is 3.69. The van der Waals surface area contributed by atoms with Gasteiger partial charge in [-0.25, -0.2) is 0 Å². The van der Waals surface area contributed by atoms with Gasteiger partial charge in [-0.2, -0.15) is 0 Å². The van der Waals surface area contributed by atoms with E-state index in [2.05, 4.69) is 13.8 Å². The smallest absolute Gasteiger partial charge is 0.105 e. The average Bonchev–Trinajstić information content (AvgIpc) is 1.95. The van der Waals surface area contributed by atoms with Crippen LogP contribution in [0.5, 0.6) is 0 Å². The summed E-state index contributed by atoms with van der Waals surface area (Å²) in [6.07, 6.45) is 0. The third-order valence-electron chi connectivity index (χ3n) is 2.64. The van der Waals surface area contributed by atoms with Crippen LogP contribution in [0.4, 0.5) is 0 Å². The summed E-state index contributed by atoms with van der Waals surface area (Å²) in [5.74, 6) is 0.475. The predicted octanol–water partition coefficient (Wildman–Crippen LogP) is 1.87. The summed E-state index contributed by atoms with van der Waals surface area (Å²) >= 11 is 0. The van der Waals surface area contributed by atoms with Crippen molar-refractivity contribution in [3.8, 4) is 0 Å². The van der Waals surface area contributed by atoms with E-state index in [0.29, 0.717) is 5.92 Å². The Kier molecular flexibility index (Phi) is 1.61. The van der Waals surface area contributed by atoms with Crippen LogP contribution in [0, 0.1) is 11.1 Å². The van der Waals surface area contributed by atoms with Gasteiger partial charge in [0, 0.05) is 12.8 Å². The molecule has 0 aromatic heterocycles. The molecule has 0 spiro atoms. The third-order valence-corrected chi connectivity index (χ3v) is 2.64. The summed E-state index contributed by atoms with van der Waals surface area (Å²) in [5, 5.41) is 11.5. The molecule has 1 aliphatic rings. The molecule has 0 aromatic carbocycles. The van der Waals surface area contributed by atoms with Crippen LogP contribution in [0.2, 0.25) is 0 Å². The van der Waals surface area contributed by atoms with Crippen LogP contribution >= 0.6 is 0 Å². The number of nitrogens with zero attached hydrogens (tertiary/aromatic N) is 1. The lowest BCUT2D eigenvalue weighted by Crippen LogP contribution is -2.33. The number of hydroxylamine groups is 3. The van der Waals surface area contributed by atoms with Crippen molar-refractivity contribution in [1.82, 2.24) is 0 Å². The molecule has 0 N–H and O–H groups in total. The lowest BCUT2D eigenvalue weighted by atomic mass is 10.1. The monoisotopic (exact) mass is 141 g/mol. The molecule has 0 saturated heterocycles. The van der Waals surface area contributed by atoms with E-state index in [9.17, 15) is 5.21 Å². The molecule has 0 aromatic rings. The molecule has 0 bridgehead atoms. The molecule has 1 rings (SSSR count). The number of quaternary nitrogens is 1. The zero-order valence-corrected chi connectivity index (χ0v) is 7.14. The van der Waals surface area contributed by atoms with Crippen molar-refractivity contribution in [2.24, 2.45) is 5.92 Å². The Morgan fingerprint density at radius 3 is 2.10 bits per heavy atom. The van der Waals surface area contributed by atoms with E-state index < -0.39 is 0 Å². The Balaban J connectivity index is 2.95. The summed E-state index contributed by atoms with van der Waals surface area (Å²) in [7, 11) is 1.72. The van der Waals surface area contributed by atoms with Gasteiger partial charge in [0.15, 0.2) is 0 Å². The largest absolute Gasteiger partial charge is 0.628 e. The zero-order chi connectivity index (χ0) is 7.94. The van der Waals surface area contributed by atoms with E-state index in [1.54, 1.807) is 7.05 Å². The summed E-state index contributed by atoms with van der Waals surface area (Å²) in [6, 6.07) is 0. The van der Waals surface area contributed by atoms with E-state index in [4.69, 9.17) is 0 Å². The minimum atomic E-state index is -0.160. The van der Waals surface area contributed by atoms with E-state index in [-0.39, 0.29) is 4.65 Å². The van der Waals surface area contributed by atoms with Crippen LogP contribution in [-0.2, 0) is 0 Å². The lowest BCUT2D eigenvalue weighted by molar-refractivity contribution is -0.817. The van der Waals surface area contributed by atoms with Gasteiger partial charge in [0.05, 0.1) is 13.6 Å². The molecule has 0 aliphatic carbocycles. The van der Waals surface area contributed by atoms with Gasteiger partial charge in [-0.3, -0.25) is 0 Å². The van der Waals surface area contributed by atoms with E-state index in [0.717, 1.165) is 12.2 Å². The standard InChI is InChI=1S/C8H15NO/c1-6-5-9(4,10)8(3)7(6)2/h6H,5H2,1-4H3. The fourth-order valence-corrected chi connectivity index (χ4v) is 1.53. The SMILES string of the molecule is CC1=C(C)[N+](C)([O-])CC1C. The second-order valence-corrected chi connectivity index (χ2v) is 3.45. The molecule has 0 saturated carbocycles. The Hall–Kier alpha value is -0.340. The molecule has 1 aliphatic heterocycles. The molecule has 10 heavy (non-hydrogen) atoms. The second kappa shape index (κ2) is 2.07. The summed E-state index contributed by atoms with van der Waals surface area (Å²) in [5.41, 5.74) is 2.27. The fraction of sp³-hybridized carbons (Fsp3) is 0.750. The highest BCUT2D eigenvalue weighted by Gasteiger charge is 2.29. The van der Waals surface area contributed by atoms with Crippen molar-refractivity contribution in [3.05, 3.63) is 16.5 Å². The normalized spacial score (nSPS) is 41.1. The molecule has 1 heterocycles. The van der Waals surface area contributed by atoms with Crippen LogP contribution in [-0.4, -0.2) is 18.2 Å². The third kappa shape index (κ3) is 0.976. The van der Waals surface area contributed by atoms with Gasteiger partial charge in [0.2, 0.25) is 0 Å². The molecule has 2 nitrogen and oxygen atoms in total. The summed E-state index contributed by atoms with van der Waals surface area (Å²) in [6.45, 7) is 6.82.